The third-order valence-electron chi connectivity index (χ3n) is 4.82. The van der Waals surface area contributed by atoms with Gasteiger partial charge in [-0.25, -0.2) is 8.42 Å². The first-order valence-corrected chi connectivity index (χ1v) is 11.8. The second kappa shape index (κ2) is 9.03. The number of rotatable bonds is 7. The number of hydrogen-bond donors (Lipinski definition) is 2. The lowest BCUT2D eigenvalue weighted by Crippen LogP contribution is -2.37. The SMILES string of the molecule is COc1ccc(C)cc1NC(=O)[C@H](NS(=O)(=O)c1cccc2nsnc12)c1ccccc1. The van der Waals surface area contributed by atoms with E-state index in [0.29, 0.717) is 22.5 Å². The highest BCUT2D eigenvalue weighted by Gasteiger charge is 2.29. The van der Waals surface area contributed by atoms with Crippen molar-refractivity contribution in [2.24, 2.45) is 0 Å². The number of anilines is 1. The number of nitrogens with one attached hydrogen (secondary N) is 2. The van der Waals surface area contributed by atoms with E-state index in [1.807, 2.05) is 13.0 Å². The van der Waals surface area contributed by atoms with Crippen molar-refractivity contribution in [1.82, 2.24) is 13.5 Å². The maximum Gasteiger partial charge on any atom is 0.247 e. The molecule has 164 valence electrons. The molecule has 0 bridgehead atoms. The third-order valence-corrected chi connectivity index (χ3v) is 6.82. The smallest absolute Gasteiger partial charge is 0.247 e. The van der Waals surface area contributed by atoms with Crippen LogP contribution in [0, 0.1) is 6.92 Å². The highest BCUT2D eigenvalue weighted by atomic mass is 32.2. The Morgan fingerprint density at radius 2 is 1.81 bits per heavy atom. The molecule has 1 heterocycles. The molecule has 0 aliphatic heterocycles. The second-order valence-electron chi connectivity index (χ2n) is 7.05. The maximum absolute atomic E-state index is 13.3. The summed E-state index contributed by atoms with van der Waals surface area (Å²) >= 11 is 0.927. The molecule has 4 rings (SSSR count). The summed E-state index contributed by atoms with van der Waals surface area (Å²) in [5.74, 6) is -0.0795. The van der Waals surface area contributed by atoms with E-state index < -0.39 is 22.0 Å². The van der Waals surface area contributed by atoms with Gasteiger partial charge in [0.2, 0.25) is 15.9 Å². The molecule has 2 N–H and O–H groups in total. The van der Waals surface area contributed by atoms with Gasteiger partial charge in [-0.15, -0.1) is 0 Å². The molecule has 8 nitrogen and oxygen atoms in total. The zero-order valence-corrected chi connectivity index (χ0v) is 18.9. The summed E-state index contributed by atoms with van der Waals surface area (Å²) < 4.78 is 42.6. The van der Waals surface area contributed by atoms with Gasteiger partial charge in [0.15, 0.2) is 0 Å². The Hall–Kier alpha value is -3.34. The molecule has 4 aromatic rings. The summed E-state index contributed by atoms with van der Waals surface area (Å²) in [6.45, 7) is 1.88. The topological polar surface area (TPSA) is 110 Å². The van der Waals surface area contributed by atoms with E-state index in [4.69, 9.17) is 4.74 Å². The molecule has 32 heavy (non-hydrogen) atoms. The number of aromatic nitrogens is 2. The maximum atomic E-state index is 13.3. The number of nitrogens with zero attached hydrogens (tertiary/aromatic N) is 2. The van der Waals surface area contributed by atoms with Crippen molar-refractivity contribution in [1.29, 1.82) is 0 Å². The summed E-state index contributed by atoms with van der Waals surface area (Å²) in [4.78, 5) is 13.3. The zero-order valence-electron chi connectivity index (χ0n) is 17.3. The lowest BCUT2D eigenvalue weighted by Gasteiger charge is -2.20. The molecule has 0 unspecified atom stereocenters. The first-order valence-electron chi connectivity index (χ1n) is 9.63. The van der Waals surface area contributed by atoms with Crippen molar-refractivity contribution in [3.05, 3.63) is 77.9 Å². The molecule has 0 saturated heterocycles. The van der Waals surface area contributed by atoms with Crippen LogP contribution in [0.15, 0.2) is 71.6 Å². The van der Waals surface area contributed by atoms with Gasteiger partial charge in [-0.3, -0.25) is 4.79 Å². The van der Waals surface area contributed by atoms with Gasteiger partial charge in [0.25, 0.3) is 0 Å². The third kappa shape index (κ3) is 4.47. The number of hydrogen-bond acceptors (Lipinski definition) is 7. The van der Waals surface area contributed by atoms with Crippen LogP contribution in [-0.2, 0) is 14.8 Å². The van der Waals surface area contributed by atoms with E-state index in [1.54, 1.807) is 54.6 Å². The van der Waals surface area contributed by atoms with Gasteiger partial charge in [0.05, 0.1) is 24.5 Å². The predicted molar refractivity (Wildman–Crippen MR) is 123 cm³/mol. The van der Waals surface area contributed by atoms with Crippen LogP contribution in [0.5, 0.6) is 5.75 Å². The second-order valence-corrected chi connectivity index (χ2v) is 9.26. The van der Waals surface area contributed by atoms with Crippen LogP contribution in [0.2, 0.25) is 0 Å². The minimum atomic E-state index is -4.10. The van der Waals surface area contributed by atoms with Crippen LogP contribution in [-0.4, -0.2) is 30.2 Å². The Kier molecular flexibility index (Phi) is 6.17. The molecule has 0 saturated carbocycles. The van der Waals surface area contributed by atoms with Crippen LogP contribution in [0.25, 0.3) is 11.0 Å². The van der Waals surface area contributed by atoms with E-state index in [0.717, 1.165) is 17.3 Å². The number of methoxy groups -OCH3 is 1. The Bertz CT molecular complexity index is 1370. The minimum absolute atomic E-state index is 0.0365. The molecule has 0 spiro atoms. The Morgan fingerprint density at radius 3 is 2.56 bits per heavy atom. The molecule has 0 aliphatic carbocycles. The number of amides is 1. The van der Waals surface area contributed by atoms with Gasteiger partial charge in [-0.1, -0.05) is 42.5 Å². The predicted octanol–water partition coefficient (Wildman–Crippen LogP) is 3.67. The number of carbonyl (C=O) groups excluding carboxylic acids is 1. The lowest BCUT2D eigenvalue weighted by molar-refractivity contribution is -0.117. The Labute approximate surface area is 189 Å². The molecule has 0 fully saturated rings. The van der Waals surface area contributed by atoms with Crippen molar-refractivity contribution >= 4 is 44.4 Å². The van der Waals surface area contributed by atoms with E-state index in [1.165, 1.54) is 13.2 Å². The molecule has 10 heteroatoms. The average Bonchev–Trinajstić information content (AvgIpc) is 3.27. The molecule has 0 aliphatic rings. The quantitative estimate of drug-likeness (QED) is 0.428. The highest BCUT2D eigenvalue weighted by molar-refractivity contribution is 7.89. The number of sulfonamides is 1. The lowest BCUT2D eigenvalue weighted by atomic mass is 10.1. The number of aryl methyl sites for hydroxylation is 1. The van der Waals surface area contributed by atoms with Crippen molar-refractivity contribution in [3.63, 3.8) is 0 Å². The largest absolute Gasteiger partial charge is 0.495 e. The normalized spacial score (nSPS) is 12.4. The van der Waals surface area contributed by atoms with Gasteiger partial charge in [0.1, 0.15) is 27.7 Å². The van der Waals surface area contributed by atoms with Crippen molar-refractivity contribution in [2.75, 3.05) is 12.4 Å². The number of fused-ring (bicyclic) bond motifs is 1. The van der Waals surface area contributed by atoms with Crippen LogP contribution in [0.1, 0.15) is 17.2 Å². The van der Waals surface area contributed by atoms with E-state index in [9.17, 15) is 13.2 Å². The Morgan fingerprint density at radius 1 is 1.03 bits per heavy atom. The van der Waals surface area contributed by atoms with Gasteiger partial charge in [-0.2, -0.15) is 13.5 Å². The van der Waals surface area contributed by atoms with Crippen LogP contribution in [0.4, 0.5) is 5.69 Å². The first-order chi connectivity index (χ1) is 15.4. The zero-order chi connectivity index (χ0) is 22.7. The van der Waals surface area contributed by atoms with Gasteiger partial charge in [0, 0.05) is 0 Å². The molecule has 1 amide bonds. The summed E-state index contributed by atoms with van der Waals surface area (Å²) in [7, 11) is -2.60. The molecule has 3 aromatic carbocycles. The highest BCUT2D eigenvalue weighted by Crippen LogP contribution is 2.28. The van der Waals surface area contributed by atoms with Gasteiger partial charge < -0.3 is 10.1 Å². The van der Waals surface area contributed by atoms with E-state index in [-0.39, 0.29) is 10.4 Å². The van der Waals surface area contributed by atoms with Gasteiger partial charge >= 0.3 is 0 Å². The number of benzene rings is 3. The number of carbonyl (C=O) groups is 1. The minimum Gasteiger partial charge on any atom is -0.495 e. The summed E-state index contributed by atoms with van der Waals surface area (Å²) in [6.07, 6.45) is 0. The van der Waals surface area contributed by atoms with E-state index in [2.05, 4.69) is 18.8 Å². The molecule has 1 atom stereocenters. The van der Waals surface area contributed by atoms with Crippen molar-refractivity contribution < 1.29 is 17.9 Å². The molecular formula is C22H20N4O4S2. The molecule has 1 aromatic heterocycles. The van der Waals surface area contributed by atoms with Crippen molar-refractivity contribution in [2.45, 2.75) is 17.9 Å². The number of ether oxygens (including phenoxy) is 1. The summed E-state index contributed by atoms with van der Waals surface area (Å²) in [6, 6.07) is 17.5. The van der Waals surface area contributed by atoms with Gasteiger partial charge in [-0.05, 0) is 42.3 Å². The molecule has 0 radical (unpaired) electrons. The fraction of sp³-hybridized carbons (Fsp3) is 0.136. The van der Waals surface area contributed by atoms with Crippen LogP contribution in [0.3, 0.4) is 0 Å². The fourth-order valence-corrected chi connectivity index (χ4v) is 5.21. The average molecular weight is 469 g/mol. The fourth-order valence-electron chi connectivity index (χ4n) is 3.26. The Balaban J connectivity index is 1.71. The first kappa shape index (κ1) is 21.9. The monoisotopic (exact) mass is 468 g/mol. The van der Waals surface area contributed by atoms with Crippen LogP contribution >= 0.6 is 11.7 Å². The summed E-state index contributed by atoms with van der Waals surface area (Å²) in [5, 5.41) is 2.79. The molecular weight excluding hydrogens is 448 g/mol. The summed E-state index contributed by atoms with van der Waals surface area (Å²) in [5.41, 5.74) is 2.59. The van der Waals surface area contributed by atoms with Crippen molar-refractivity contribution in [3.8, 4) is 5.75 Å². The van der Waals surface area contributed by atoms with Crippen LogP contribution < -0.4 is 14.8 Å². The van der Waals surface area contributed by atoms with E-state index >= 15 is 0 Å². The standard InChI is InChI=1S/C22H20N4O4S2/c1-14-11-12-18(30-2)17(13-14)23-22(27)20(15-7-4-3-5-8-15)26-32(28,29)19-10-6-9-16-21(19)25-31-24-16/h3-13,20,26H,1-2H3,(H,23,27)/t20-/m1/s1.